The lowest BCUT2D eigenvalue weighted by molar-refractivity contribution is -0.144. The Hall–Kier alpha value is -1.18. The second-order valence-corrected chi connectivity index (χ2v) is 6.12. The van der Waals surface area contributed by atoms with Crippen LogP contribution in [0.2, 0.25) is 0 Å². The van der Waals surface area contributed by atoms with Crippen molar-refractivity contribution < 1.29 is 9.59 Å². The Morgan fingerprint density at radius 1 is 1.39 bits per heavy atom. The molecular formula is C16H22O2. The van der Waals surface area contributed by atoms with Crippen LogP contribution in [0.4, 0.5) is 0 Å². The van der Waals surface area contributed by atoms with E-state index in [1.54, 1.807) is 6.92 Å². The van der Waals surface area contributed by atoms with E-state index in [2.05, 4.69) is 25.7 Å². The molecule has 0 radical (unpaired) electrons. The molecule has 2 aliphatic carbocycles. The minimum atomic E-state index is -0.778. The van der Waals surface area contributed by atoms with E-state index >= 15 is 0 Å². The number of hydrogen-bond donors (Lipinski definition) is 0. The molecule has 1 fully saturated rings. The summed E-state index contributed by atoms with van der Waals surface area (Å²) in [5, 5.41) is 0. The van der Waals surface area contributed by atoms with Crippen LogP contribution in [0.3, 0.4) is 0 Å². The van der Waals surface area contributed by atoms with Crippen molar-refractivity contribution in [3.63, 3.8) is 0 Å². The highest BCUT2D eigenvalue weighted by molar-refractivity contribution is 6.09. The molecule has 0 spiro atoms. The molecule has 0 aromatic heterocycles. The summed E-state index contributed by atoms with van der Waals surface area (Å²) in [5.74, 6) is 0.313. The smallest absolute Gasteiger partial charge is 0.147 e. The van der Waals surface area contributed by atoms with Gasteiger partial charge in [0, 0.05) is 6.42 Å². The van der Waals surface area contributed by atoms with Gasteiger partial charge >= 0.3 is 0 Å². The summed E-state index contributed by atoms with van der Waals surface area (Å²) < 4.78 is 0. The first kappa shape index (κ1) is 13.3. The second kappa shape index (κ2) is 4.18. The van der Waals surface area contributed by atoms with Gasteiger partial charge in [0.25, 0.3) is 0 Å². The van der Waals surface area contributed by atoms with Gasteiger partial charge in [-0.1, -0.05) is 31.2 Å². The SMILES string of the molecule is C=C(C)C1CC(=O)C2(C(C)=O)CCC=CCC12C. The first-order valence-electron chi connectivity index (χ1n) is 6.71. The minimum absolute atomic E-state index is 0.0439. The lowest BCUT2D eigenvalue weighted by Crippen LogP contribution is -2.47. The fourth-order valence-electron chi connectivity index (χ4n) is 4.18. The summed E-state index contributed by atoms with van der Waals surface area (Å²) >= 11 is 0. The van der Waals surface area contributed by atoms with Crippen LogP contribution in [0.1, 0.15) is 46.5 Å². The Morgan fingerprint density at radius 3 is 2.61 bits per heavy atom. The molecule has 2 rings (SSSR count). The summed E-state index contributed by atoms with van der Waals surface area (Å²) in [6.07, 6.45) is 7.02. The number of allylic oxidation sites excluding steroid dienone is 3. The van der Waals surface area contributed by atoms with Crippen LogP contribution in [0.5, 0.6) is 0 Å². The van der Waals surface area contributed by atoms with Crippen LogP contribution < -0.4 is 0 Å². The molecule has 2 heteroatoms. The highest BCUT2D eigenvalue weighted by atomic mass is 16.2. The Labute approximate surface area is 109 Å². The van der Waals surface area contributed by atoms with Crippen molar-refractivity contribution in [3.8, 4) is 0 Å². The number of hydrogen-bond acceptors (Lipinski definition) is 2. The maximum absolute atomic E-state index is 12.6. The van der Waals surface area contributed by atoms with Gasteiger partial charge in [-0.25, -0.2) is 0 Å². The summed E-state index contributed by atoms with van der Waals surface area (Å²) in [6, 6.07) is 0. The number of rotatable bonds is 2. The van der Waals surface area contributed by atoms with E-state index in [0.29, 0.717) is 12.8 Å². The third kappa shape index (κ3) is 1.47. The predicted molar refractivity (Wildman–Crippen MR) is 72.1 cm³/mol. The molecule has 0 aromatic rings. The zero-order valence-electron chi connectivity index (χ0n) is 11.6. The van der Waals surface area contributed by atoms with Gasteiger partial charge in [0.2, 0.25) is 0 Å². The predicted octanol–water partition coefficient (Wildman–Crippen LogP) is 3.47. The molecule has 0 aromatic carbocycles. The third-order valence-corrected chi connectivity index (χ3v) is 5.20. The fourth-order valence-corrected chi connectivity index (χ4v) is 4.18. The Morgan fingerprint density at radius 2 is 2.06 bits per heavy atom. The molecule has 1 saturated carbocycles. The zero-order valence-corrected chi connectivity index (χ0v) is 11.6. The molecule has 2 aliphatic rings. The molecule has 0 heterocycles. The van der Waals surface area contributed by atoms with E-state index in [4.69, 9.17) is 0 Å². The first-order valence-corrected chi connectivity index (χ1v) is 6.71. The minimum Gasteiger partial charge on any atom is -0.299 e. The molecule has 0 bridgehead atoms. The highest BCUT2D eigenvalue weighted by Gasteiger charge is 2.64. The Kier molecular flexibility index (Phi) is 3.08. The van der Waals surface area contributed by atoms with Crippen molar-refractivity contribution in [2.45, 2.75) is 46.5 Å². The van der Waals surface area contributed by atoms with E-state index in [1.807, 2.05) is 6.92 Å². The van der Waals surface area contributed by atoms with Crippen molar-refractivity contribution in [3.05, 3.63) is 24.3 Å². The maximum Gasteiger partial charge on any atom is 0.147 e. The van der Waals surface area contributed by atoms with Gasteiger partial charge < -0.3 is 0 Å². The van der Waals surface area contributed by atoms with Crippen LogP contribution >= 0.6 is 0 Å². The summed E-state index contributed by atoms with van der Waals surface area (Å²) in [6.45, 7) is 9.71. The number of carbonyl (C=O) groups is 2. The molecule has 0 amide bonds. The van der Waals surface area contributed by atoms with E-state index in [-0.39, 0.29) is 22.9 Å². The number of Topliss-reactive ketones (excluding diaryl/α,β-unsaturated/α-hetero) is 2. The molecule has 3 atom stereocenters. The monoisotopic (exact) mass is 246 g/mol. The average molecular weight is 246 g/mol. The van der Waals surface area contributed by atoms with Gasteiger partial charge in [0.1, 0.15) is 11.6 Å². The largest absolute Gasteiger partial charge is 0.299 e. The van der Waals surface area contributed by atoms with Crippen LogP contribution in [-0.4, -0.2) is 11.6 Å². The zero-order chi connectivity index (χ0) is 13.6. The van der Waals surface area contributed by atoms with Crippen molar-refractivity contribution >= 4 is 11.6 Å². The normalized spacial score (nSPS) is 39.3. The number of carbonyl (C=O) groups excluding carboxylic acids is 2. The van der Waals surface area contributed by atoms with E-state index < -0.39 is 5.41 Å². The van der Waals surface area contributed by atoms with E-state index in [1.165, 1.54) is 0 Å². The van der Waals surface area contributed by atoms with Gasteiger partial charge in [0.05, 0.1) is 5.41 Å². The molecular weight excluding hydrogens is 224 g/mol. The number of fused-ring (bicyclic) bond motifs is 1. The lowest BCUT2D eigenvalue weighted by Gasteiger charge is -2.43. The van der Waals surface area contributed by atoms with Gasteiger partial charge in [-0.15, -0.1) is 0 Å². The van der Waals surface area contributed by atoms with Crippen molar-refractivity contribution in [1.82, 2.24) is 0 Å². The number of ketones is 2. The molecule has 98 valence electrons. The lowest BCUT2D eigenvalue weighted by atomic mass is 9.58. The van der Waals surface area contributed by atoms with Gasteiger partial charge in [-0.3, -0.25) is 9.59 Å². The highest BCUT2D eigenvalue weighted by Crippen LogP contribution is 2.61. The van der Waals surface area contributed by atoms with E-state index in [9.17, 15) is 9.59 Å². The van der Waals surface area contributed by atoms with Crippen LogP contribution in [0.15, 0.2) is 24.3 Å². The van der Waals surface area contributed by atoms with Crippen LogP contribution in [0.25, 0.3) is 0 Å². The topological polar surface area (TPSA) is 34.1 Å². The maximum atomic E-state index is 12.6. The summed E-state index contributed by atoms with van der Waals surface area (Å²) in [7, 11) is 0. The van der Waals surface area contributed by atoms with Gasteiger partial charge in [0.15, 0.2) is 0 Å². The third-order valence-electron chi connectivity index (χ3n) is 5.20. The standard InChI is InChI=1S/C16H22O2/c1-11(2)13-10-14(18)16(12(3)17)9-7-5-6-8-15(13,16)4/h5-6,13H,1,7-10H2,2-4H3. The summed E-state index contributed by atoms with van der Waals surface area (Å²) in [5.41, 5.74) is -0.0289. The van der Waals surface area contributed by atoms with E-state index in [0.717, 1.165) is 18.4 Å². The summed E-state index contributed by atoms with van der Waals surface area (Å²) in [4.78, 5) is 24.8. The molecule has 0 N–H and O–H groups in total. The quantitative estimate of drug-likeness (QED) is 0.552. The van der Waals surface area contributed by atoms with Crippen molar-refractivity contribution in [1.29, 1.82) is 0 Å². The fraction of sp³-hybridized carbons (Fsp3) is 0.625. The second-order valence-electron chi connectivity index (χ2n) is 6.12. The Balaban J connectivity index is 2.61. The van der Waals surface area contributed by atoms with Crippen LogP contribution in [0, 0.1) is 16.7 Å². The molecule has 18 heavy (non-hydrogen) atoms. The molecule has 0 aliphatic heterocycles. The van der Waals surface area contributed by atoms with Gasteiger partial charge in [-0.05, 0) is 44.4 Å². The van der Waals surface area contributed by atoms with Crippen molar-refractivity contribution in [2.24, 2.45) is 16.7 Å². The molecule has 2 nitrogen and oxygen atoms in total. The van der Waals surface area contributed by atoms with Crippen molar-refractivity contribution in [2.75, 3.05) is 0 Å². The average Bonchev–Trinajstić information content (AvgIpc) is 2.43. The molecule has 0 saturated heterocycles. The Bertz CT molecular complexity index is 446. The molecule has 3 unspecified atom stereocenters. The van der Waals surface area contributed by atoms with Crippen LogP contribution in [-0.2, 0) is 9.59 Å². The van der Waals surface area contributed by atoms with Gasteiger partial charge in [-0.2, -0.15) is 0 Å². The first-order chi connectivity index (χ1) is 8.36.